The van der Waals surface area contributed by atoms with Crippen LogP contribution in [0.1, 0.15) is 0 Å². The molecule has 0 saturated carbocycles. The second-order valence-corrected chi connectivity index (χ2v) is 4.96. The summed E-state index contributed by atoms with van der Waals surface area (Å²) >= 11 is 2.27. The third kappa shape index (κ3) is 1.97. The van der Waals surface area contributed by atoms with Crippen molar-refractivity contribution in [1.29, 1.82) is 0 Å². The smallest absolute Gasteiger partial charge is 0.115 e. The predicted molar refractivity (Wildman–Crippen MR) is 76.0 cm³/mol. The summed E-state index contributed by atoms with van der Waals surface area (Å²) < 4.78 is 1.15. The van der Waals surface area contributed by atoms with Crippen LogP contribution in [0.25, 0.3) is 16.7 Å². The number of nitrogens with two attached hydrogens (primary N) is 1. The van der Waals surface area contributed by atoms with Gasteiger partial charge in [0, 0.05) is 9.26 Å². The first-order valence-corrected chi connectivity index (χ1v) is 6.19. The highest BCUT2D eigenvalue weighted by molar-refractivity contribution is 14.1. The van der Waals surface area contributed by atoms with Gasteiger partial charge in [0.1, 0.15) is 11.0 Å². The summed E-state index contributed by atoms with van der Waals surface area (Å²) in [5.74, 6) is 0. The first-order valence-electron chi connectivity index (χ1n) is 5.11. The van der Waals surface area contributed by atoms with Crippen LogP contribution in [0.3, 0.4) is 0 Å². The molecule has 2 N–H and O–H groups in total. The minimum absolute atomic E-state index is 0.701. The number of hydrogen-bond acceptors (Lipinski definition) is 3. The Morgan fingerprint density at radius 2 is 1.82 bits per heavy atom. The zero-order valence-electron chi connectivity index (χ0n) is 8.84. The zero-order chi connectivity index (χ0) is 11.8. The summed E-state index contributed by atoms with van der Waals surface area (Å²) in [7, 11) is 0. The van der Waals surface area contributed by atoms with Crippen molar-refractivity contribution >= 4 is 39.3 Å². The highest BCUT2D eigenvalue weighted by Gasteiger charge is 2.04. The predicted octanol–water partition coefficient (Wildman–Crippen LogP) is 2.61. The SMILES string of the molecule is Nc1ccc2nn(-c3cccc(I)c3)nc2c1. The summed E-state index contributed by atoms with van der Waals surface area (Å²) in [6, 6.07) is 13.6. The molecular formula is C12H9IN4. The van der Waals surface area contributed by atoms with Crippen molar-refractivity contribution in [2.45, 2.75) is 0 Å². The number of rotatable bonds is 1. The third-order valence-corrected chi connectivity index (χ3v) is 3.11. The van der Waals surface area contributed by atoms with E-state index < -0.39 is 0 Å². The monoisotopic (exact) mass is 336 g/mol. The van der Waals surface area contributed by atoms with Crippen LogP contribution in [0.4, 0.5) is 5.69 Å². The van der Waals surface area contributed by atoms with Crippen molar-refractivity contribution in [3.63, 3.8) is 0 Å². The molecule has 4 nitrogen and oxygen atoms in total. The Labute approximate surface area is 112 Å². The first-order chi connectivity index (χ1) is 8.22. The molecule has 17 heavy (non-hydrogen) atoms. The molecule has 5 heteroatoms. The average Bonchev–Trinajstić information content (AvgIpc) is 2.72. The van der Waals surface area contributed by atoms with Gasteiger partial charge < -0.3 is 5.73 Å². The number of aromatic nitrogens is 3. The van der Waals surface area contributed by atoms with Crippen LogP contribution in [-0.2, 0) is 0 Å². The molecule has 0 fully saturated rings. The number of hydrogen-bond donors (Lipinski definition) is 1. The second-order valence-electron chi connectivity index (χ2n) is 3.72. The molecular weight excluding hydrogens is 327 g/mol. The number of halogens is 1. The van der Waals surface area contributed by atoms with E-state index in [9.17, 15) is 0 Å². The fraction of sp³-hybridized carbons (Fsp3) is 0. The molecule has 0 bridgehead atoms. The lowest BCUT2D eigenvalue weighted by Gasteiger charge is -1.98. The van der Waals surface area contributed by atoms with E-state index in [0.717, 1.165) is 20.3 Å². The van der Waals surface area contributed by atoms with Crippen molar-refractivity contribution in [1.82, 2.24) is 15.0 Å². The van der Waals surface area contributed by atoms with Crippen LogP contribution in [0, 0.1) is 3.57 Å². The van der Waals surface area contributed by atoms with Gasteiger partial charge in [-0.05, 0) is 59.0 Å². The summed E-state index contributed by atoms with van der Waals surface area (Å²) in [6.07, 6.45) is 0. The maximum absolute atomic E-state index is 5.72. The highest BCUT2D eigenvalue weighted by atomic mass is 127. The molecule has 0 aliphatic heterocycles. The fourth-order valence-electron chi connectivity index (χ4n) is 1.65. The Hall–Kier alpha value is -1.63. The van der Waals surface area contributed by atoms with Crippen LogP contribution in [0.5, 0.6) is 0 Å². The van der Waals surface area contributed by atoms with Crippen LogP contribution >= 0.6 is 22.6 Å². The largest absolute Gasteiger partial charge is 0.399 e. The minimum atomic E-state index is 0.701. The van der Waals surface area contributed by atoms with Crippen molar-refractivity contribution in [2.75, 3.05) is 5.73 Å². The Balaban J connectivity index is 2.18. The van der Waals surface area contributed by atoms with Crippen LogP contribution in [0.2, 0.25) is 0 Å². The van der Waals surface area contributed by atoms with Crippen molar-refractivity contribution in [3.8, 4) is 5.69 Å². The lowest BCUT2D eigenvalue weighted by Crippen LogP contribution is -1.98. The lowest BCUT2D eigenvalue weighted by molar-refractivity contribution is 0.765. The number of fused-ring (bicyclic) bond motifs is 1. The average molecular weight is 336 g/mol. The first kappa shape index (κ1) is 10.5. The maximum Gasteiger partial charge on any atom is 0.115 e. The molecule has 0 aliphatic rings. The topological polar surface area (TPSA) is 56.7 Å². The van der Waals surface area contributed by atoms with Crippen molar-refractivity contribution < 1.29 is 0 Å². The lowest BCUT2D eigenvalue weighted by atomic mass is 10.3. The molecule has 0 atom stereocenters. The number of nitrogens with zero attached hydrogens (tertiary/aromatic N) is 3. The molecule has 0 amide bonds. The highest BCUT2D eigenvalue weighted by Crippen LogP contribution is 2.16. The van der Waals surface area contributed by atoms with Gasteiger partial charge in [0.25, 0.3) is 0 Å². The summed E-state index contributed by atoms with van der Waals surface area (Å²) in [6.45, 7) is 0. The van der Waals surface area contributed by atoms with Gasteiger partial charge in [0.05, 0.1) is 5.69 Å². The van der Waals surface area contributed by atoms with E-state index in [1.807, 2.05) is 42.5 Å². The van der Waals surface area contributed by atoms with Gasteiger partial charge in [-0.15, -0.1) is 10.2 Å². The van der Waals surface area contributed by atoms with Crippen LogP contribution in [-0.4, -0.2) is 15.0 Å². The maximum atomic E-state index is 5.72. The Kier molecular flexibility index (Phi) is 2.47. The van der Waals surface area contributed by atoms with Gasteiger partial charge in [0.2, 0.25) is 0 Å². The molecule has 84 valence electrons. The Morgan fingerprint density at radius 3 is 2.65 bits per heavy atom. The van der Waals surface area contributed by atoms with E-state index in [1.54, 1.807) is 4.80 Å². The van der Waals surface area contributed by atoms with E-state index in [-0.39, 0.29) is 0 Å². The molecule has 3 rings (SSSR count). The molecule has 0 radical (unpaired) electrons. The molecule has 0 aliphatic carbocycles. The van der Waals surface area contributed by atoms with Gasteiger partial charge in [-0.25, -0.2) is 0 Å². The molecule has 0 unspecified atom stereocenters. The van der Waals surface area contributed by atoms with Gasteiger partial charge in [-0.1, -0.05) is 6.07 Å². The number of anilines is 1. The van der Waals surface area contributed by atoms with Crippen LogP contribution in [0.15, 0.2) is 42.5 Å². The van der Waals surface area contributed by atoms with E-state index in [4.69, 9.17) is 5.73 Å². The molecule has 3 aromatic rings. The molecule has 1 heterocycles. The Bertz CT molecular complexity index is 690. The van der Waals surface area contributed by atoms with Gasteiger partial charge in [-0.3, -0.25) is 0 Å². The van der Waals surface area contributed by atoms with Crippen molar-refractivity contribution in [3.05, 3.63) is 46.0 Å². The fourth-order valence-corrected chi connectivity index (χ4v) is 2.17. The number of nitrogen functional groups attached to an aromatic ring is 1. The second kappa shape index (κ2) is 3.99. The minimum Gasteiger partial charge on any atom is -0.399 e. The van der Waals surface area contributed by atoms with Gasteiger partial charge >= 0.3 is 0 Å². The van der Waals surface area contributed by atoms with E-state index in [2.05, 4.69) is 32.8 Å². The van der Waals surface area contributed by atoms with Gasteiger partial charge in [-0.2, -0.15) is 4.80 Å². The van der Waals surface area contributed by atoms with Crippen molar-refractivity contribution in [2.24, 2.45) is 0 Å². The van der Waals surface area contributed by atoms with Crippen LogP contribution < -0.4 is 5.73 Å². The third-order valence-electron chi connectivity index (χ3n) is 2.44. The summed E-state index contributed by atoms with van der Waals surface area (Å²) in [5, 5.41) is 8.82. The van der Waals surface area contributed by atoms with Gasteiger partial charge in [0.15, 0.2) is 0 Å². The van der Waals surface area contributed by atoms with E-state index in [1.165, 1.54) is 0 Å². The summed E-state index contributed by atoms with van der Waals surface area (Å²) in [4.78, 5) is 1.63. The quantitative estimate of drug-likeness (QED) is 0.549. The molecule has 0 saturated heterocycles. The summed E-state index contributed by atoms with van der Waals surface area (Å²) in [5.41, 5.74) is 9.02. The van der Waals surface area contributed by atoms with E-state index in [0.29, 0.717) is 5.69 Å². The standard InChI is InChI=1S/C12H9IN4/c13-8-2-1-3-10(6-8)17-15-11-5-4-9(14)7-12(11)16-17/h1-7H,14H2. The zero-order valence-corrected chi connectivity index (χ0v) is 11.0. The molecule has 1 aromatic heterocycles. The Morgan fingerprint density at radius 1 is 1.00 bits per heavy atom. The number of benzene rings is 2. The molecule has 0 spiro atoms. The molecule has 2 aromatic carbocycles. The van der Waals surface area contributed by atoms with E-state index >= 15 is 0 Å². The normalized spacial score (nSPS) is 10.9.